The summed E-state index contributed by atoms with van der Waals surface area (Å²) in [5, 5.41) is 0. The van der Waals surface area contributed by atoms with Gasteiger partial charge in [0.15, 0.2) is 0 Å². The highest BCUT2D eigenvalue weighted by Gasteiger charge is 2.22. The fraction of sp³-hybridized carbons (Fsp3) is 0.462. The summed E-state index contributed by atoms with van der Waals surface area (Å²) < 4.78 is 5.02. The molecule has 0 amide bonds. The van der Waals surface area contributed by atoms with Gasteiger partial charge in [-0.15, -0.1) is 0 Å². The molecule has 0 aromatic heterocycles. The second-order valence-electron chi connectivity index (χ2n) is 4.78. The molecule has 0 saturated heterocycles. The number of anilines is 1. The SMILES string of the molecule is CCOC(=O)c1ccc(N)cc1C(C)(C)C. The van der Waals surface area contributed by atoms with Gasteiger partial charge in [-0.2, -0.15) is 0 Å². The number of hydrogen-bond donors (Lipinski definition) is 1. The Morgan fingerprint density at radius 3 is 2.50 bits per heavy atom. The lowest BCUT2D eigenvalue weighted by Crippen LogP contribution is -2.18. The van der Waals surface area contributed by atoms with Crippen LogP contribution >= 0.6 is 0 Å². The minimum absolute atomic E-state index is 0.128. The molecule has 0 saturated carbocycles. The second-order valence-corrected chi connectivity index (χ2v) is 4.78. The van der Waals surface area contributed by atoms with Gasteiger partial charge in [0.25, 0.3) is 0 Å². The van der Waals surface area contributed by atoms with Crippen LogP contribution in [0.5, 0.6) is 0 Å². The third kappa shape index (κ3) is 2.75. The highest BCUT2D eigenvalue weighted by molar-refractivity contribution is 5.92. The summed E-state index contributed by atoms with van der Waals surface area (Å²) in [7, 11) is 0. The van der Waals surface area contributed by atoms with Crippen molar-refractivity contribution in [3.05, 3.63) is 29.3 Å². The number of carbonyl (C=O) groups excluding carboxylic acids is 1. The van der Waals surface area contributed by atoms with Gasteiger partial charge in [-0.05, 0) is 36.1 Å². The molecule has 0 spiro atoms. The fourth-order valence-corrected chi connectivity index (χ4v) is 1.57. The Kier molecular flexibility index (Phi) is 3.58. The van der Waals surface area contributed by atoms with E-state index in [0.29, 0.717) is 17.9 Å². The lowest BCUT2D eigenvalue weighted by Gasteiger charge is -2.22. The van der Waals surface area contributed by atoms with Gasteiger partial charge in [0, 0.05) is 5.69 Å². The van der Waals surface area contributed by atoms with E-state index < -0.39 is 0 Å². The van der Waals surface area contributed by atoms with E-state index in [9.17, 15) is 4.79 Å². The van der Waals surface area contributed by atoms with Crippen molar-refractivity contribution in [3.8, 4) is 0 Å². The first kappa shape index (κ1) is 12.6. The van der Waals surface area contributed by atoms with Crippen molar-refractivity contribution >= 4 is 11.7 Å². The molecule has 3 heteroatoms. The summed E-state index contributed by atoms with van der Waals surface area (Å²) in [6, 6.07) is 5.29. The van der Waals surface area contributed by atoms with Crippen molar-refractivity contribution in [3.63, 3.8) is 0 Å². The average Bonchev–Trinajstić information content (AvgIpc) is 2.16. The van der Waals surface area contributed by atoms with Crippen molar-refractivity contribution in [2.45, 2.75) is 33.1 Å². The molecule has 0 fully saturated rings. The molecule has 0 aliphatic carbocycles. The van der Waals surface area contributed by atoms with Gasteiger partial charge in [0.1, 0.15) is 0 Å². The average molecular weight is 221 g/mol. The molecule has 0 atom stereocenters. The van der Waals surface area contributed by atoms with Crippen molar-refractivity contribution in [2.24, 2.45) is 0 Å². The zero-order valence-electron chi connectivity index (χ0n) is 10.3. The molecule has 0 bridgehead atoms. The van der Waals surface area contributed by atoms with E-state index in [1.165, 1.54) is 0 Å². The molecule has 0 aliphatic heterocycles. The van der Waals surface area contributed by atoms with Gasteiger partial charge >= 0.3 is 5.97 Å². The van der Waals surface area contributed by atoms with Crippen molar-refractivity contribution in [1.29, 1.82) is 0 Å². The maximum atomic E-state index is 11.8. The largest absolute Gasteiger partial charge is 0.462 e. The van der Waals surface area contributed by atoms with Gasteiger partial charge in [0.2, 0.25) is 0 Å². The normalized spacial score (nSPS) is 11.2. The van der Waals surface area contributed by atoms with Crippen LogP contribution in [0.15, 0.2) is 18.2 Å². The summed E-state index contributed by atoms with van der Waals surface area (Å²) in [6.07, 6.45) is 0. The van der Waals surface area contributed by atoms with Crippen molar-refractivity contribution in [1.82, 2.24) is 0 Å². The van der Waals surface area contributed by atoms with Crippen LogP contribution in [0.2, 0.25) is 0 Å². The van der Waals surface area contributed by atoms with E-state index in [1.54, 1.807) is 19.1 Å². The van der Waals surface area contributed by atoms with E-state index in [2.05, 4.69) is 0 Å². The number of nitrogens with two attached hydrogens (primary N) is 1. The summed E-state index contributed by atoms with van der Waals surface area (Å²) in [4.78, 5) is 11.8. The van der Waals surface area contributed by atoms with Gasteiger partial charge in [-0.25, -0.2) is 4.79 Å². The van der Waals surface area contributed by atoms with Crippen molar-refractivity contribution < 1.29 is 9.53 Å². The third-order valence-electron chi connectivity index (χ3n) is 2.35. The first-order valence-corrected chi connectivity index (χ1v) is 5.43. The number of carbonyl (C=O) groups is 1. The number of rotatable bonds is 2. The molecule has 1 aromatic rings. The monoisotopic (exact) mass is 221 g/mol. The van der Waals surface area contributed by atoms with E-state index in [4.69, 9.17) is 10.5 Å². The van der Waals surface area contributed by atoms with Crippen LogP contribution in [0.3, 0.4) is 0 Å². The molecule has 0 unspecified atom stereocenters. The van der Waals surface area contributed by atoms with Crippen LogP contribution in [-0.4, -0.2) is 12.6 Å². The molecule has 16 heavy (non-hydrogen) atoms. The predicted molar refractivity (Wildman–Crippen MR) is 65.5 cm³/mol. The maximum absolute atomic E-state index is 11.8. The Balaban J connectivity index is 3.23. The summed E-state index contributed by atoms with van der Waals surface area (Å²) >= 11 is 0. The molecule has 1 rings (SSSR count). The zero-order valence-corrected chi connectivity index (χ0v) is 10.3. The quantitative estimate of drug-likeness (QED) is 0.617. The second kappa shape index (κ2) is 4.56. The molecule has 88 valence electrons. The lowest BCUT2D eigenvalue weighted by molar-refractivity contribution is 0.0523. The summed E-state index contributed by atoms with van der Waals surface area (Å²) in [5.74, 6) is -0.285. The predicted octanol–water partition coefficient (Wildman–Crippen LogP) is 2.74. The zero-order chi connectivity index (χ0) is 12.3. The molecule has 2 N–H and O–H groups in total. The molecule has 3 nitrogen and oxygen atoms in total. The Morgan fingerprint density at radius 1 is 1.38 bits per heavy atom. The number of esters is 1. The minimum Gasteiger partial charge on any atom is -0.462 e. The number of nitrogen functional groups attached to an aromatic ring is 1. The highest BCUT2D eigenvalue weighted by Crippen LogP contribution is 2.28. The van der Waals surface area contributed by atoms with Crippen LogP contribution in [0.4, 0.5) is 5.69 Å². The fourth-order valence-electron chi connectivity index (χ4n) is 1.57. The molecule has 0 heterocycles. The molecule has 0 aliphatic rings. The Bertz CT molecular complexity index is 391. The Labute approximate surface area is 96.6 Å². The van der Waals surface area contributed by atoms with E-state index in [0.717, 1.165) is 5.56 Å². The molecular formula is C13H19NO2. The Morgan fingerprint density at radius 2 is 2.00 bits per heavy atom. The van der Waals surface area contributed by atoms with Gasteiger partial charge < -0.3 is 10.5 Å². The molecule has 1 aromatic carbocycles. The van der Waals surface area contributed by atoms with E-state index >= 15 is 0 Å². The van der Waals surface area contributed by atoms with Gasteiger partial charge in [-0.1, -0.05) is 20.8 Å². The standard InChI is InChI=1S/C13H19NO2/c1-5-16-12(15)10-7-6-9(14)8-11(10)13(2,3)4/h6-8H,5,14H2,1-4H3. The van der Waals surface area contributed by atoms with Crippen LogP contribution in [0.1, 0.15) is 43.6 Å². The van der Waals surface area contributed by atoms with Crippen LogP contribution in [0, 0.1) is 0 Å². The first-order valence-electron chi connectivity index (χ1n) is 5.43. The number of benzene rings is 1. The third-order valence-corrected chi connectivity index (χ3v) is 2.35. The molecular weight excluding hydrogens is 202 g/mol. The highest BCUT2D eigenvalue weighted by atomic mass is 16.5. The summed E-state index contributed by atoms with van der Waals surface area (Å²) in [5.41, 5.74) is 7.81. The van der Waals surface area contributed by atoms with Crippen LogP contribution < -0.4 is 5.73 Å². The van der Waals surface area contributed by atoms with E-state index in [-0.39, 0.29) is 11.4 Å². The van der Waals surface area contributed by atoms with Gasteiger partial charge in [0.05, 0.1) is 12.2 Å². The lowest BCUT2D eigenvalue weighted by atomic mass is 9.83. The van der Waals surface area contributed by atoms with Crippen molar-refractivity contribution in [2.75, 3.05) is 12.3 Å². The minimum atomic E-state index is -0.285. The summed E-state index contributed by atoms with van der Waals surface area (Å²) in [6.45, 7) is 8.32. The maximum Gasteiger partial charge on any atom is 0.338 e. The number of ether oxygens (including phenoxy) is 1. The van der Waals surface area contributed by atoms with Gasteiger partial charge in [-0.3, -0.25) is 0 Å². The number of hydrogen-bond acceptors (Lipinski definition) is 3. The van der Waals surface area contributed by atoms with Crippen LogP contribution in [0.25, 0.3) is 0 Å². The smallest absolute Gasteiger partial charge is 0.338 e. The first-order chi connectivity index (χ1) is 7.36. The van der Waals surface area contributed by atoms with Crippen LogP contribution in [-0.2, 0) is 10.2 Å². The molecule has 0 radical (unpaired) electrons. The Hall–Kier alpha value is -1.51. The topological polar surface area (TPSA) is 52.3 Å². The van der Waals surface area contributed by atoms with E-state index in [1.807, 2.05) is 26.8 Å².